The zero-order valence-corrected chi connectivity index (χ0v) is 14.6. The normalized spacial score (nSPS) is 15.7. The van der Waals surface area contributed by atoms with Crippen LogP contribution in [0.2, 0.25) is 0 Å². The summed E-state index contributed by atoms with van der Waals surface area (Å²) in [6, 6.07) is 4.93. The van der Waals surface area contributed by atoms with E-state index in [4.69, 9.17) is 0 Å². The van der Waals surface area contributed by atoms with Gasteiger partial charge in [-0.1, -0.05) is 6.07 Å². The zero-order chi connectivity index (χ0) is 17.3. The van der Waals surface area contributed by atoms with E-state index in [0.29, 0.717) is 48.6 Å². The van der Waals surface area contributed by atoms with Crippen LogP contribution in [0.1, 0.15) is 15.2 Å². The van der Waals surface area contributed by atoms with Gasteiger partial charge in [0.25, 0.3) is 5.91 Å². The van der Waals surface area contributed by atoms with E-state index < -0.39 is 0 Å². The first-order valence-electron chi connectivity index (χ1n) is 7.91. The molecule has 2 heterocycles. The monoisotopic (exact) mass is 349 g/mol. The minimum Gasteiger partial charge on any atom is -0.358 e. The summed E-state index contributed by atoms with van der Waals surface area (Å²) in [5.74, 6) is -0.353. The molecule has 0 aliphatic carbocycles. The molecule has 0 radical (unpaired) electrons. The van der Waals surface area contributed by atoms with Gasteiger partial charge < -0.3 is 10.2 Å². The Morgan fingerprint density at radius 1 is 1.25 bits per heavy atom. The van der Waals surface area contributed by atoms with Gasteiger partial charge in [-0.3, -0.25) is 14.5 Å². The Morgan fingerprint density at radius 3 is 2.58 bits per heavy atom. The lowest BCUT2D eigenvalue weighted by Crippen LogP contribution is -2.50. The standard InChI is InChI=1S/C17H20FN3O2S/c1-11-15-12(18)4-3-5-13(15)24-16(11)17(23)21-8-6-20(7-9-21)10-14(22)19-2/h3-5H,6-10H2,1-2H3,(H,19,22). The van der Waals surface area contributed by atoms with Gasteiger partial charge in [-0.15, -0.1) is 11.3 Å². The Labute approximate surface area is 144 Å². The Kier molecular flexibility index (Phi) is 4.82. The van der Waals surface area contributed by atoms with Gasteiger partial charge in [0.2, 0.25) is 5.91 Å². The molecule has 7 heteroatoms. The molecule has 3 rings (SSSR count). The number of nitrogens with one attached hydrogen (secondary N) is 1. The maximum Gasteiger partial charge on any atom is 0.264 e. The molecule has 1 fully saturated rings. The summed E-state index contributed by atoms with van der Waals surface area (Å²) in [7, 11) is 1.62. The van der Waals surface area contributed by atoms with Crippen molar-refractivity contribution < 1.29 is 14.0 Å². The maximum absolute atomic E-state index is 14.0. The third-order valence-electron chi connectivity index (χ3n) is 4.40. The molecule has 0 spiro atoms. The van der Waals surface area contributed by atoms with Crippen LogP contribution in [-0.4, -0.2) is 61.4 Å². The number of hydrogen-bond acceptors (Lipinski definition) is 4. The molecule has 1 aromatic carbocycles. The summed E-state index contributed by atoms with van der Waals surface area (Å²) in [4.78, 5) is 28.7. The Hall–Kier alpha value is -1.99. The predicted molar refractivity (Wildman–Crippen MR) is 92.9 cm³/mol. The van der Waals surface area contributed by atoms with Crippen molar-refractivity contribution in [2.75, 3.05) is 39.8 Å². The van der Waals surface area contributed by atoms with Crippen LogP contribution in [0.25, 0.3) is 10.1 Å². The van der Waals surface area contributed by atoms with Crippen LogP contribution in [0.4, 0.5) is 4.39 Å². The fourth-order valence-electron chi connectivity index (χ4n) is 2.99. The van der Waals surface area contributed by atoms with E-state index in [1.165, 1.54) is 17.4 Å². The highest BCUT2D eigenvalue weighted by atomic mass is 32.1. The van der Waals surface area contributed by atoms with E-state index in [1.807, 2.05) is 11.0 Å². The van der Waals surface area contributed by atoms with Crippen molar-refractivity contribution in [3.8, 4) is 0 Å². The highest BCUT2D eigenvalue weighted by Gasteiger charge is 2.26. The number of hydrogen-bond donors (Lipinski definition) is 1. The van der Waals surface area contributed by atoms with Crippen molar-refractivity contribution in [1.29, 1.82) is 0 Å². The summed E-state index contributed by atoms with van der Waals surface area (Å²) in [6.45, 7) is 4.63. The molecule has 2 amide bonds. The Morgan fingerprint density at radius 2 is 1.96 bits per heavy atom. The molecule has 128 valence electrons. The number of carbonyl (C=O) groups excluding carboxylic acids is 2. The topological polar surface area (TPSA) is 52.7 Å². The fourth-order valence-corrected chi connectivity index (χ4v) is 4.18. The van der Waals surface area contributed by atoms with Gasteiger partial charge in [-0.25, -0.2) is 4.39 Å². The van der Waals surface area contributed by atoms with Gasteiger partial charge in [0.05, 0.1) is 11.4 Å². The highest BCUT2D eigenvalue weighted by molar-refractivity contribution is 7.21. The number of halogens is 1. The lowest BCUT2D eigenvalue weighted by Gasteiger charge is -2.34. The van der Waals surface area contributed by atoms with Gasteiger partial charge in [-0.2, -0.15) is 0 Å². The lowest BCUT2D eigenvalue weighted by atomic mass is 10.1. The second kappa shape index (κ2) is 6.86. The summed E-state index contributed by atoms with van der Waals surface area (Å²) < 4.78 is 14.8. The number of likely N-dealkylation sites (N-methyl/N-ethyl adjacent to an activating group) is 1. The third kappa shape index (κ3) is 3.14. The minimum atomic E-state index is -0.282. The van der Waals surface area contributed by atoms with E-state index >= 15 is 0 Å². The Balaban J connectivity index is 1.73. The smallest absolute Gasteiger partial charge is 0.264 e. The van der Waals surface area contributed by atoms with Crippen molar-refractivity contribution >= 4 is 33.2 Å². The second-order valence-corrected chi connectivity index (χ2v) is 6.96. The summed E-state index contributed by atoms with van der Waals surface area (Å²) in [5, 5.41) is 3.15. The van der Waals surface area contributed by atoms with Crippen molar-refractivity contribution in [2.24, 2.45) is 0 Å². The fraction of sp³-hybridized carbons (Fsp3) is 0.412. The molecule has 0 atom stereocenters. The molecule has 1 saturated heterocycles. The first kappa shape index (κ1) is 16.9. The van der Waals surface area contributed by atoms with Crippen LogP contribution >= 0.6 is 11.3 Å². The van der Waals surface area contributed by atoms with Gasteiger partial charge in [-0.05, 0) is 24.6 Å². The lowest BCUT2D eigenvalue weighted by molar-refractivity contribution is -0.122. The van der Waals surface area contributed by atoms with Gasteiger partial charge >= 0.3 is 0 Å². The van der Waals surface area contributed by atoms with E-state index in [-0.39, 0.29) is 17.6 Å². The van der Waals surface area contributed by atoms with Crippen LogP contribution in [0.5, 0.6) is 0 Å². The molecule has 0 saturated carbocycles. The van der Waals surface area contributed by atoms with E-state index in [9.17, 15) is 14.0 Å². The molecular formula is C17H20FN3O2S. The second-order valence-electron chi connectivity index (χ2n) is 5.91. The Bertz CT molecular complexity index is 781. The average Bonchev–Trinajstić information content (AvgIpc) is 2.93. The van der Waals surface area contributed by atoms with Crippen LogP contribution in [0.3, 0.4) is 0 Å². The summed E-state index contributed by atoms with van der Waals surface area (Å²) >= 11 is 1.35. The third-order valence-corrected chi connectivity index (χ3v) is 5.65. The number of nitrogens with zero attached hydrogens (tertiary/aromatic N) is 2. The SMILES string of the molecule is CNC(=O)CN1CCN(C(=O)c2sc3cccc(F)c3c2C)CC1. The number of carbonyl (C=O) groups is 2. The van der Waals surface area contributed by atoms with Gasteiger partial charge in [0, 0.05) is 43.3 Å². The first-order chi connectivity index (χ1) is 11.5. The molecular weight excluding hydrogens is 329 g/mol. The average molecular weight is 349 g/mol. The minimum absolute atomic E-state index is 0.0226. The number of amides is 2. The molecule has 1 aromatic heterocycles. The van der Waals surface area contributed by atoms with Crippen molar-refractivity contribution in [2.45, 2.75) is 6.92 Å². The van der Waals surface area contributed by atoms with E-state index in [0.717, 1.165) is 4.70 Å². The van der Waals surface area contributed by atoms with Gasteiger partial charge in [0.15, 0.2) is 0 Å². The van der Waals surface area contributed by atoms with Crippen molar-refractivity contribution in [1.82, 2.24) is 15.1 Å². The quantitative estimate of drug-likeness (QED) is 0.920. The number of thiophene rings is 1. The number of fused-ring (bicyclic) bond motifs is 1. The zero-order valence-electron chi connectivity index (χ0n) is 13.8. The summed E-state index contributed by atoms with van der Waals surface area (Å²) in [6.07, 6.45) is 0. The van der Waals surface area contributed by atoms with Crippen LogP contribution < -0.4 is 5.32 Å². The van der Waals surface area contributed by atoms with Crippen LogP contribution in [0, 0.1) is 12.7 Å². The summed E-state index contributed by atoms with van der Waals surface area (Å²) in [5.41, 5.74) is 0.714. The largest absolute Gasteiger partial charge is 0.358 e. The molecule has 5 nitrogen and oxygen atoms in total. The molecule has 24 heavy (non-hydrogen) atoms. The highest BCUT2D eigenvalue weighted by Crippen LogP contribution is 2.33. The number of aryl methyl sites for hydroxylation is 1. The van der Waals surface area contributed by atoms with Gasteiger partial charge in [0.1, 0.15) is 5.82 Å². The molecule has 2 aromatic rings. The molecule has 1 aliphatic heterocycles. The van der Waals surface area contributed by atoms with E-state index in [2.05, 4.69) is 5.32 Å². The van der Waals surface area contributed by atoms with Crippen molar-refractivity contribution in [3.05, 3.63) is 34.5 Å². The molecule has 0 unspecified atom stereocenters. The first-order valence-corrected chi connectivity index (χ1v) is 8.72. The molecule has 1 N–H and O–H groups in total. The van der Waals surface area contributed by atoms with Crippen LogP contribution in [0.15, 0.2) is 18.2 Å². The van der Waals surface area contributed by atoms with Crippen molar-refractivity contribution in [3.63, 3.8) is 0 Å². The molecule has 0 bridgehead atoms. The van der Waals surface area contributed by atoms with E-state index in [1.54, 1.807) is 24.9 Å². The number of benzene rings is 1. The molecule has 1 aliphatic rings. The predicted octanol–water partition coefficient (Wildman–Crippen LogP) is 1.85. The van der Waals surface area contributed by atoms with Crippen LogP contribution in [-0.2, 0) is 4.79 Å². The number of piperazine rings is 1. The number of rotatable bonds is 3. The maximum atomic E-state index is 14.0.